The van der Waals surface area contributed by atoms with Gasteiger partial charge in [0, 0.05) is 6.08 Å². The molecule has 2 fully saturated rings. The third-order valence-corrected chi connectivity index (χ3v) is 7.06. The van der Waals surface area contributed by atoms with E-state index in [1.165, 1.54) is 17.5 Å². The lowest BCUT2D eigenvalue weighted by Gasteiger charge is -2.31. The van der Waals surface area contributed by atoms with E-state index in [0.29, 0.717) is 11.8 Å². The van der Waals surface area contributed by atoms with Crippen molar-refractivity contribution in [3.8, 4) is 6.07 Å². The zero-order valence-electron chi connectivity index (χ0n) is 18.5. The fourth-order valence-electron chi connectivity index (χ4n) is 5.17. The Kier molecular flexibility index (Phi) is 9.00. The van der Waals surface area contributed by atoms with E-state index < -0.39 is 0 Å². The largest absolute Gasteiger partial charge is 0.462 e. The van der Waals surface area contributed by atoms with Crippen LogP contribution in [0.25, 0.3) is 0 Å². The number of hydrogen-bond acceptors (Lipinski definition) is 3. The molecule has 0 aromatic heterocycles. The van der Waals surface area contributed by atoms with Crippen molar-refractivity contribution >= 4 is 5.97 Å². The van der Waals surface area contributed by atoms with E-state index in [1.54, 1.807) is 6.08 Å². The molecule has 3 nitrogen and oxygen atoms in total. The van der Waals surface area contributed by atoms with Crippen LogP contribution < -0.4 is 0 Å². The molecule has 2 saturated carbocycles. The van der Waals surface area contributed by atoms with Crippen molar-refractivity contribution in [3.63, 3.8) is 0 Å². The Hall–Kier alpha value is -2.08. The van der Waals surface area contributed by atoms with Crippen LogP contribution in [0, 0.1) is 23.2 Å². The van der Waals surface area contributed by atoms with Crippen LogP contribution in [0.15, 0.2) is 36.4 Å². The summed E-state index contributed by atoms with van der Waals surface area (Å²) in [5.41, 5.74) is 2.86. The van der Waals surface area contributed by atoms with E-state index in [0.717, 1.165) is 70.6 Å². The Morgan fingerprint density at radius 1 is 1.07 bits per heavy atom. The van der Waals surface area contributed by atoms with Crippen LogP contribution in [0.3, 0.4) is 0 Å². The van der Waals surface area contributed by atoms with E-state index >= 15 is 0 Å². The Balaban J connectivity index is 1.36. The van der Waals surface area contributed by atoms with Gasteiger partial charge in [0.15, 0.2) is 0 Å². The first-order valence-corrected chi connectivity index (χ1v) is 12.0. The van der Waals surface area contributed by atoms with Crippen LogP contribution >= 0.6 is 0 Å². The monoisotopic (exact) mass is 407 g/mol. The summed E-state index contributed by atoms with van der Waals surface area (Å²) in [6, 6.07) is 11.2. The molecule has 0 saturated heterocycles. The lowest BCUT2D eigenvalue weighted by molar-refractivity contribution is -0.157. The van der Waals surface area contributed by atoms with Gasteiger partial charge in [0.25, 0.3) is 0 Å². The maximum Gasteiger partial charge on any atom is 0.309 e. The van der Waals surface area contributed by atoms with E-state index in [9.17, 15) is 4.79 Å². The predicted molar refractivity (Wildman–Crippen MR) is 121 cm³/mol. The van der Waals surface area contributed by atoms with Gasteiger partial charge in [0.1, 0.15) is 6.10 Å². The molecule has 2 aliphatic rings. The van der Waals surface area contributed by atoms with E-state index in [2.05, 4.69) is 31.2 Å². The minimum Gasteiger partial charge on any atom is -0.462 e. The van der Waals surface area contributed by atoms with Gasteiger partial charge in [-0.05, 0) is 93.6 Å². The molecule has 0 N–H and O–H groups in total. The Bertz CT molecular complexity index is 714. The highest BCUT2D eigenvalue weighted by Crippen LogP contribution is 2.37. The Morgan fingerprint density at radius 2 is 1.77 bits per heavy atom. The van der Waals surface area contributed by atoms with Crippen molar-refractivity contribution in [3.05, 3.63) is 47.5 Å². The second kappa shape index (κ2) is 11.9. The van der Waals surface area contributed by atoms with Gasteiger partial charge in [-0.1, -0.05) is 43.7 Å². The second-order valence-corrected chi connectivity index (χ2v) is 9.23. The number of carbonyl (C=O) groups is 1. The molecule has 0 bridgehead atoms. The number of ether oxygens (including phenoxy) is 1. The molecule has 0 atom stereocenters. The zero-order chi connectivity index (χ0) is 21.2. The van der Waals surface area contributed by atoms with Crippen molar-refractivity contribution < 1.29 is 9.53 Å². The molecular formula is C27H37NO2. The average molecular weight is 408 g/mol. The van der Waals surface area contributed by atoms with Gasteiger partial charge in [0.05, 0.1) is 12.0 Å². The number of benzene rings is 1. The lowest BCUT2D eigenvalue weighted by Crippen LogP contribution is -2.29. The third-order valence-electron chi connectivity index (χ3n) is 7.06. The van der Waals surface area contributed by atoms with Crippen LogP contribution in [0.5, 0.6) is 0 Å². The molecule has 1 aromatic carbocycles. The van der Waals surface area contributed by atoms with Crippen molar-refractivity contribution in [1.29, 1.82) is 5.26 Å². The van der Waals surface area contributed by atoms with Gasteiger partial charge >= 0.3 is 5.97 Å². The summed E-state index contributed by atoms with van der Waals surface area (Å²) >= 11 is 0. The number of rotatable bonds is 8. The summed E-state index contributed by atoms with van der Waals surface area (Å²) in [4.78, 5) is 12.7. The van der Waals surface area contributed by atoms with Gasteiger partial charge in [-0.25, -0.2) is 0 Å². The molecule has 0 heterocycles. The number of esters is 1. The average Bonchev–Trinajstić information content (AvgIpc) is 2.79. The molecule has 0 radical (unpaired) electrons. The number of nitriles is 1. The number of carbonyl (C=O) groups excluding carboxylic acids is 1. The summed E-state index contributed by atoms with van der Waals surface area (Å²) < 4.78 is 5.91. The van der Waals surface area contributed by atoms with Crippen molar-refractivity contribution in [2.75, 3.05) is 0 Å². The number of aryl methyl sites for hydroxylation is 1. The fraction of sp³-hybridized carbons (Fsp3) is 0.630. The predicted octanol–water partition coefficient (Wildman–Crippen LogP) is 6.87. The summed E-state index contributed by atoms with van der Waals surface area (Å²) in [5, 5.41) is 8.54. The number of hydrogen-bond donors (Lipinski definition) is 0. The topological polar surface area (TPSA) is 50.1 Å². The number of nitrogens with zero attached hydrogens (tertiary/aromatic N) is 1. The maximum atomic E-state index is 12.7. The summed E-state index contributed by atoms with van der Waals surface area (Å²) in [5.74, 6) is 1.44. The van der Waals surface area contributed by atoms with Crippen LogP contribution in [-0.4, -0.2) is 12.1 Å². The highest BCUT2D eigenvalue weighted by Gasteiger charge is 2.31. The van der Waals surface area contributed by atoms with E-state index in [-0.39, 0.29) is 18.0 Å². The molecule has 2 aliphatic carbocycles. The Morgan fingerprint density at radius 3 is 2.40 bits per heavy atom. The molecule has 3 heteroatoms. The maximum absolute atomic E-state index is 12.7. The zero-order valence-corrected chi connectivity index (χ0v) is 18.5. The highest BCUT2D eigenvalue weighted by atomic mass is 16.5. The normalized spacial score (nSPS) is 26.9. The molecule has 30 heavy (non-hydrogen) atoms. The molecule has 0 spiro atoms. The SMILES string of the molecule is CCCc1ccc([C@H]2CC[C@H](C(=O)O[C@H]3CC[C@H](CCC=CC#N)CC3)CC2)cc1. The van der Waals surface area contributed by atoms with Crippen molar-refractivity contribution in [2.24, 2.45) is 11.8 Å². The molecule has 0 aliphatic heterocycles. The summed E-state index contributed by atoms with van der Waals surface area (Å²) in [6.45, 7) is 2.22. The minimum atomic E-state index is 0.0483. The quantitative estimate of drug-likeness (QED) is 0.349. The fourth-order valence-corrected chi connectivity index (χ4v) is 5.17. The molecule has 1 aromatic rings. The highest BCUT2D eigenvalue weighted by molar-refractivity contribution is 5.72. The second-order valence-electron chi connectivity index (χ2n) is 9.23. The first kappa shape index (κ1) is 22.6. The molecule has 162 valence electrons. The summed E-state index contributed by atoms with van der Waals surface area (Å²) in [6.07, 6.45) is 16.5. The van der Waals surface area contributed by atoms with Gasteiger partial charge in [0.2, 0.25) is 0 Å². The van der Waals surface area contributed by atoms with E-state index in [4.69, 9.17) is 10.00 Å². The van der Waals surface area contributed by atoms with Crippen LogP contribution in [0.2, 0.25) is 0 Å². The smallest absolute Gasteiger partial charge is 0.309 e. The molecule has 0 unspecified atom stereocenters. The minimum absolute atomic E-state index is 0.0483. The van der Waals surface area contributed by atoms with E-state index in [1.807, 2.05) is 12.1 Å². The molecule has 0 amide bonds. The van der Waals surface area contributed by atoms with Crippen LogP contribution in [-0.2, 0) is 16.0 Å². The van der Waals surface area contributed by atoms with Gasteiger partial charge in [-0.2, -0.15) is 5.26 Å². The van der Waals surface area contributed by atoms with Gasteiger partial charge in [-0.3, -0.25) is 4.79 Å². The van der Waals surface area contributed by atoms with Crippen LogP contribution in [0.4, 0.5) is 0 Å². The third kappa shape index (κ3) is 6.73. The molecule has 3 rings (SSSR count). The van der Waals surface area contributed by atoms with Crippen molar-refractivity contribution in [2.45, 2.75) is 96.0 Å². The van der Waals surface area contributed by atoms with Crippen LogP contribution in [0.1, 0.15) is 94.6 Å². The Labute approximate surface area is 182 Å². The van der Waals surface area contributed by atoms with Crippen molar-refractivity contribution in [1.82, 2.24) is 0 Å². The first-order chi connectivity index (χ1) is 14.7. The van der Waals surface area contributed by atoms with Gasteiger partial charge < -0.3 is 4.74 Å². The standard InChI is InChI=1S/C27H37NO2/c1-2-6-21-8-12-23(13-9-21)24-14-16-25(17-15-24)27(29)30-26-18-10-22(11-19-26)7-4-3-5-20-28/h3,5,8-9,12-13,22,24-26H,2,4,6-7,10-11,14-19H2,1H3/t22-,24-,25-,26-. The number of allylic oxidation sites excluding steroid dienone is 2. The molecular weight excluding hydrogens is 370 g/mol. The lowest BCUT2D eigenvalue weighted by atomic mass is 9.78. The summed E-state index contributed by atoms with van der Waals surface area (Å²) in [7, 11) is 0. The van der Waals surface area contributed by atoms with Gasteiger partial charge in [-0.15, -0.1) is 0 Å². The first-order valence-electron chi connectivity index (χ1n) is 12.0.